The summed E-state index contributed by atoms with van der Waals surface area (Å²) < 4.78 is 11.0. The van der Waals surface area contributed by atoms with Crippen molar-refractivity contribution in [2.75, 3.05) is 18.1 Å². The Morgan fingerprint density at radius 1 is 1.09 bits per heavy atom. The van der Waals surface area contributed by atoms with E-state index in [1.165, 1.54) is 6.07 Å². The smallest absolute Gasteiger partial charge is 0.416 e. The molecule has 1 fully saturated rings. The zero-order valence-corrected chi connectivity index (χ0v) is 13.4. The molecule has 5 nitrogen and oxygen atoms in total. The summed E-state index contributed by atoms with van der Waals surface area (Å²) in [6.07, 6.45) is -1.73. The largest absolute Gasteiger partial charge is 0.464 e. The summed E-state index contributed by atoms with van der Waals surface area (Å²) in [4.78, 5) is 13.0. The topological polar surface area (TPSA) is 59.0 Å². The van der Waals surface area contributed by atoms with Gasteiger partial charge in [0, 0.05) is 5.56 Å². The molecule has 23 heavy (non-hydrogen) atoms. The Balaban J connectivity index is 2.08. The first-order chi connectivity index (χ1) is 11.1. The van der Waals surface area contributed by atoms with Crippen molar-refractivity contribution in [3.05, 3.63) is 58.1 Å². The quantitative estimate of drug-likeness (QED) is 0.856. The van der Waals surface area contributed by atoms with E-state index in [1.807, 2.05) is 0 Å². The van der Waals surface area contributed by atoms with E-state index in [9.17, 15) is 9.90 Å². The number of hydrogen-bond donors (Lipinski definition) is 1. The van der Waals surface area contributed by atoms with Gasteiger partial charge < -0.3 is 14.6 Å². The molecule has 3 rings (SSSR count). The summed E-state index contributed by atoms with van der Waals surface area (Å²) in [5.74, 6) is 0. The minimum Gasteiger partial charge on any atom is -0.464 e. The molecule has 2 aromatic rings. The summed E-state index contributed by atoms with van der Waals surface area (Å²) >= 11 is 11.9. The maximum Gasteiger partial charge on any atom is 0.416 e. The van der Waals surface area contributed by atoms with Crippen LogP contribution in [0.3, 0.4) is 0 Å². The van der Waals surface area contributed by atoms with Gasteiger partial charge in [0.1, 0.15) is 0 Å². The number of ether oxygens (including phenoxy) is 2. The van der Waals surface area contributed by atoms with Gasteiger partial charge in [0.25, 0.3) is 0 Å². The van der Waals surface area contributed by atoms with Crippen molar-refractivity contribution in [2.24, 2.45) is 0 Å². The predicted octanol–water partition coefficient (Wildman–Crippen LogP) is 4.85. The van der Waals surface area contributed by atoms with Gasteiger partial charge in [0.15, 0.2) is 6.29 Å². The van der Waals surface area contributed by atoms with E-state index in [0.717, 1.165) is 4.90 Å². The molecule has 0 bridgehead atoms. The van der Waals surface area contributed by atoms with Gasteiger partial charge in [-0.3, -0.25) is 0 Å². The first-order valence-corrected chi connectivity index (χ1v) is 7.64. The molecule has 0 saturated carbocycles. The van der Waals surface area contributed by atoms with Crippen molar-refractivity contribution in [3.63, 3.8) is 0 Å². The van der Waals surface area contributed by atoms with Crippen molar-refractivity contribution in [1.29, 1.82) is 0 Å². The average Bonchev–Trinajstić information content (AvgIpc) is 3.05. The molecule has 1 aliphatic heterocycles. The van der Waals surface area contributed by atoms with Crippen molar-refractivity contribution in [1.82, 2.24) is 0 Å². The highest BCUT2D eigenvalue weighted by molar-refractivity contribution is 6.42. The molecule has 0 radical (unpaired) electrons. The molecular formula is C16H13Cl2NO4. The van der Waals surface area contributed by atoms with Crippen molar-refractivity contribution >= 4 is 40.7 Å². The molecular weight excluding hydrogens is 341 g/mol. The molecule has 0 aromatic heterocycles. The van der Waals surface area contributed by atoms with Crippen LogP contribution >= 0.6 is 23.2 Å². The number of carboxylic acid groups (broad SMARTS) is 1. The number of halogens is 2. The minimum absolute atomic E-state index is 0.279. The van der Waals surface area contributed by atoms with Gasteiger partial charge in [-0.05, 0) is 24.3 Å². The highest BCUT2D eigenvalue weighted by atomic mass is 35.5. The van der Waals surface area contributed by atoms with Crippen LogP contribution in [-0.4, -0.2) is 24.4 Å². The standard InChI is InChI=1S/C16H13Cl2NO4/c17-12-6-5-10(9-13(12)18)19(16(20)21)14-4-2-1-3-11(14)15-22-7-8-23-15/h1-6,9,15H,7-8H2,(H,20,21). The van der Waals surface area contributed by atoms with E-state index in [4.69, 9.17) is 32.7 Å². The van der Waals surface area contributed by atoms with Gasteiger partial charge >= 0.3 is 6.09 Å². The Hall–Kier alpha value is -1.79. The van der Waals surface area contributed by atoms with Crippen LogP contribution in [0.15, 0.2) is 42.5 Å². The Labute approximate surface area is 142 Å². The fraction of sp³-hybridized carbons (Fsp3) is 0.188. The number of hydrogen-bond acceptors (Lipinski definition) is 3. The molecule has 0 atom stereocenters. The third-order valence-corrected chi connectivity index (χ3v) is 4.15. The van der Waals surface area contributed by atoms with Crippen LogP contribution in [0.25, 0.3) is 0 Å². The fourth-order valence-electron chi connectivity index (χ4n) is 2.41. The Kier molecular flexibility index (Phi) is 4.73. The lowest BCUT2D eigenvalue weighted by Gasteiger charge is -2.24. The fourth-order valence-corrected chi connectivity index (χ4v) is 2.70. The Morgan fingerprint density at radius 3 is 2.43 bits per heavy atom. The maximum atomic E-state index is 11.8. The number of para-hydroxylation sites is 1. The SMILES string of the molecule is O=C(O)N(c1ccc(Cl)c(Cl)c1)c1ccccc1C1OCCO1. The van der Waals surface area contributed by atoms with E-state index < -0.39 is 12.4 Å². The first-order valence-electron chi connectivity index (χ1n) is 6.88. The number of anilines is 2. The first kappa shape index (κ1) is 16.1. The number of benzene rings is 2. The average molecular weight is 354 g/mol. The number of nitrogens with zero attached hydrogens (tertiary/aromatic N) is 1. The lowest BCUT2D eigenvalue weighted by Crippen LogP contribution is -2.25. The van der Waals surface area contributed by atoms with Crippen LogP contribution in [0, 0.1) is 0 Å². The second kappa shape index (κ2) is 6.76. The van der Waals surface area contributed by atoms with Crippen LogP contribution < -0.4 is 4.90 Å². The molecule has 1 saturated heterocycles. The molecule has 1 N–H and O–H groups in total. The van der Waals surface area contributed by atoms with E-state index >= 15 is 0 Å². The minimum atomic E-state index is -1.14. The monoisotopic (exact) mass is 353 g/mol. The van der Waals surface area contributed by atoms with Crippen LogP contribution in [0.4, 0.5) is 16.2 Å². The van der Waals surface area contributed by atoms with E-state index in [0.29, 0.717) is 35.2 Å². The number of rotatable bonds is 3. The highest BCUT2D eigenvalue weighted by Gasteiger charge is 2.27. The molecule has 1 heterocycles. The summed E-state index contributed by atoms with van der Waals surface area (Å²) in [5.41, 5.74) is 1.47. The molecule has 1 amide bonds. The number of carbonyl (C=O) groups is 1. The van der Waals surface area contributed by atoms with Crippen LogP contribution in [0.1, 0.15) is 11.9 Å². The van der Waals surface area contributed by atoms with Gasteiger partial charge in [-0.2, -0.15) is 0 Å². The molecule has 1 aliphatic rings. The summed E-state index contributed by atoms with van der Waals surface area (Å²) in [6, 6.07) is 11.7. The van der Waals surface area contributed by atoms with Gasteiger partial charge in [-0.25, -0.2) is 9.69 Å². The van der Waals surface area contributed by atoms with Gasteiger partial charge in [0.2, 0.25) is 0 Å². The molecule has 0 unspecified atom stereocenters. The second-order valence-corrected chi connectivity index (χ2v) is 5.66. The Bertz CT molecular complexity index is 732. The summed E-state index contributed by atoms with van der Waals surface area (Å²) in [7, 11) is 0. The summed E-state index contributed by atoms with van der Waals surface area (Å²) in [5, 5.41) is 10.3. The summed E-state index contributed by atoms with van der Waals surface area (Å²) in [6.45, 7) is 0.942. The zero-order valence-electron chi connectivity index (χ0n) is 11.9. The molecule has 0 spiro atoms. The van der Waals surface area contributed by atoms with E-state index in [2.05, 4.69) is 0 Å². The van der Waals surface area contributed by atoms with E-state index in [1.54, 1.807) is 36.4 Å². The van der Waals surface area contributed by atoms with Gasteiger partial charge in [-0.1, -0.05) is 41.4 Å². The second-order valence-electron chi connectivity index (χ2n) is 4.85. The third-order valence-electron chi connectivity index (χ3n) is 3.41. The third kappa shape index (κ3) is 3.28. The predicted molar refractivity (Wildman–Crippen MR) is 87.7 cm³/mol. The normalized spacial score (nSPS) is 14.9. The zero-order chi connectivity index (χ0) is 16.4. The van der Waals surface area contributed by atoms with Gasteiger partial charge in [-0.15, -0.1) is 0 Å². The lowest BCUT2D eigenvalue weighted by molar-refractivity contribution is -0.0436. The van der Waals surface area contributed by atoms with E-state index in [-0.39, 0.29) is 5.02 Å². The highest BCUT2D eigenvalue weighted by Crippen LogP contribution is 2.37. The van der Waals surface area contributed by atoms with Crippen LogP contribution in [-0.2, 0) is 9.47 Å². The molecule has 2 aromatic carbocycles. The number of amides is 1. The van der Waals surface area contributed by atoms with Crippen molar-refractivity contribution in [2.45, 2.75) is 6.29 Å². The van der Waals surface area contributed by atoms with Crippen LogP contribution in [0.5, 0.6) is 0 Å². The van der Waals surface area contributed by atoms with Crippen LogP contribution in [0.2, 0.25) is 10.0 Å². The molecule has 120 valence electrons. The van der Waals surface area contributed by atoms with Crippen molar-refractivity contribution < 1.29 is 19.4 Å². The maximum absolute atomic E-state index is 11.8. The lowest BCUT2D eigenvalue weighted by atomic mass is 10.1. The molecule has 7 heteroatoms. The molecule has 0 aliphatic carbocycles. The van der Waals surface area contributed by atoms with Crippen molar-refractivity contribution in [3.8, 4) is 0 Å². The van der Waals surface area contributed by atoms with Gasteiger partial charge in [0.05, 0.1) is 34.6 Å². The Morgan fingerprint density at radius 2 is 1.78 bits per heavy atom.